The van der Waals surface area contributed by atoms with E-state index in [9.17, 15) is 4.79 Å². The molecule has 0 spiro atoms. The van der Waals surface area contributed by atoms with E-state index in [0.29, 0.717) is 17.8 Å². The molecule has 0 aliphatic carbocycles. The lowest BCUT2D eigenvalue weighted by atomic mass is 10.2. The Morgan fingerprint density at radius 2 is 2.25 bits per heavy atom. The summed E-state index contributed by atoms with van der Waals surface area (Å²) in [6.45, 7) is 2.86. The fourth-order valence-corrected chi connectivity index (χ4v) is 1.79. The minimum atomic E-state index is -0.301. The Hall–Kier alpha value is -1.58. The summed E-state index contributed by atoms with van der Waals surface area (Å²) in [5, 5.41) is 0. The van der Waals surface area contributed by atoms with E-state index in [2.05, 4.69) is 11.9 Å². The first kappa shape index (κ1) is 10.9. The fraction of sp³-hybridized carbons (Fsp3) is 0.500. The molecule has 0 atom stereocenters. The van der Waals surface area contributed by atoms with Crippen LogP contribution in [-0.4, -0.2) is 9.55 Å². The molecular formula is C12H16N2O2. The number of nitrogens with zero attached hydrogens (tertiary/aromatic N) is 2. The molecule has 0 aliphatic heterocycles. The zero-order valence-electron chi connectivity index (χ0n) is 9.48. The van der Waals surface area contributed by atoms with Gasteiger partial charge in [0.1, 0.15) is 0 Å². The van der Waals surface area contributed by atoms with Gasteiger partial charge in [-0.05, 0) is 18.6 Å². The van der Waals surface area contributed by atoms with E-state index >= 15 is 0 Å². The Bertz CT molecular complexity index is 513. The zero-order valence-corrected chi connectivity index (χ0v) is 9.48. The second kappa shape index (κ2) is 4.96. The van der Waals surface area contributed by atoms with Crippen LogP contribution in [0.25, 0.3) is 11.2 Å². The average Bonchev–Trinajstić information content (AvgIpc) is 2.61. The number of oxazole rings is 1. The van der Waals surface area contributed by atoms with Crippen LogP contribution in [0.4, 0.5) is 0 Å². The highest BCUT2D eigenvalue weighted by Gasteiger charge is 2.08. The van der Waals surface area contributed by atoms with Crippen LogP contribution in [0.2, 0.25) is 0 Å². The Morgan fingerprint density at radius 3 is 3.06 bits per heavy atom. The number of hydrogen-bond donors (Lipinski definition) is 0. The Labute approximate surface area is 93.9 Å². The summed E-state index contributed by atoms with van der Waals surface area (Å²) < 4.78 is 6.72. The molecule has 0 radical (unpaired) electrons. The van der Waals surface area contributed by atoms with Gasteiger partial charge in [0.05, 0.1) is 0 Å². The number of unbranched alkanes of at least 4 members (excludes halogenated alkanes) is 3. The zero-order chi connectivity index (χ0) is 11.4. The molecule has 2 aromatic rings. The summed E-state index contributed by atoms with van der Waals surface area (Å²) in [4.78, 5) is 15.7. The van der Waals surface area contributed by atoms with E-state index < -0.39 is 0 Å². The van der Waals surface area contributed by atoms with Crippen molar-refractivity contribution in [1.29, 1.82) is 0 Å². The van der Waals surface area contributed by atoms with Gasteiger partial charge < -0.3 is 4.42 Å². The summed E-state index contributed by atoms with van der Waals surface area (Å²) in [6.07, 6.45) is 6.22. The Morgan fingerprint density at radius 1 is 1.38 bits per heavy atom. The van der Waals surface area contributed by atoms with Gasteiger partial charge in [0.15, 0.2) is 11.2 Å². The van der Waals surface area contributed by atoms with Crippen molar-refractivity contribution in [3.05, 3.63) is 28.9 Å². The van der Waals surface area contributed by atoms with Crippen LogP contribution in [0.1, 0.15) is 32.6 Å². The van der Waals surface area contributed by atoms with Gasteiger partial charge in [0, 0.05) is 12.7 Å². The van der Waals surface area contributed by atoms with Gasteiger partial charge in [-0.3, -0.25) is 4.57 Å². The fourth-order valence-electron chi connectivity index (χ4n) is 1.79. The highest BCUT2D eigenvalue weighted by molar-refractivity contribution is 5.67. The molecule has 0 aromatic carbocycles. The molecule has 0 bridgehead atoms. The quantitative estimate of drug-likeness (QED) is 0.727. The first-order valence-corrected chi connectivity index (χ1v) is 5.77. The van der Waals surface area contributed by atoms with Gasteiger partial charge in [-0.2, -0.15) is 0 Å². The van der Waals surface area contributed by atoms with Crippen LogP contribution >= 0.6 is 0 Å². The molecule has 0 unspecified atom stereocenters. The number of hydrogen-bond acceptors (Lipinski definition) is 3. The normalized spacial score (nSPS) is 11.1. The summed E-state index contributed by atoms with van der Waals surface area (Å²) in [5.74, 6) is -0.301. The van der Waals surface area contributed by atoms with Crippen LogP contribution in [0, 0.1) is 0 Å². The van der Waals surface area contributed by atoms with Crippen molar-refractivity contribution < 1.29 is 4.42 Å². The number of aryl methyl sites for hydroxylation is 1. The predicted molar refractivity (Wildman–Crippen MR) is 62.4 cm³/mol. The van der Waals surface area contributed by atoms with Crippen LogP contribution in [-0.2, 0) is 6.54 Å². The van der Waals surface area contributed by atoms with Crippen molar-refractivity contribution in [3.63, 3.8) is 0 Å². The van der Waals surface area contributed by atoms with Crippen molar-refractivity contribution in [1.82, 2.24) is 9.55 Å². The predicted octanol–water partition coefficient (Wildman–Crippen LogP) is 2.57. The second-order valence-electron chi connectivity index (χ2n) is 3.91. The summed E-state index contributed by atoms with van der Waals surface area (Å²) in [7, 11) is 0. The van der Waals surface area contributed by atoms with Gasteiger partial charge in [-0.25, -0.2) is 9.78 Å². The first-order valence-electron chi connectivity index (χ1n) is 5.77. The molecule has 0 saturated heterocycles. The van der Waals surface area contributed by atoms with Crippen LogP contribution in [0.3, 0.4) is 0 Å². The third-order valence-electron chi connectivity index (χ3n) is 2.66. The number of pyridine rings is 1. The van der Waals surface area contributed by atoms with Crippen molar-refractivity contribution in [3.8, 4) is 0 Å². The maximum absolute atomic E-state index is 11.6. The van der Waals surface area contributed by atoms with E-state index in [1.165, 1.54) is 12.8 Å². The average molecular weight is 220 g/mol. The van der Waals surface area contributed by atoms with Gasteiger partial charge >= 0.3 is 5.76 Å². The van der Waals surface area contributed by atoms with Gasteiger partial charge in [-0.1, -0.05) is 26.2 Å². The summed E-state index contributed by atoms with van der Waals surface area (Å²) in [6, 6.07) is 3.54. The number of rotatable bonds is 5. The molecule has 2 heterocycles. The molecule has 0 N–H and O–H groups in total. The van der Waals surface area contributed by atoms with Crippen LogP contribution < -0.4 is 5.76 Å². The van der Waals surface area contributed by atoms with Crippen molar-refractivity contribution >= 4 is 11.2 Å². The highest BCUT2D eigenvalue weighted by atomic mass is 16.4. The van der Waals surface area contributed by atoms with E-state index in [1.807, 2.05) is 0 Å². The third-order valence-corrected chi connectivity index (χ3v) is 2.66. The monoisotopic (exact) mass is 220 g/mol. The number of fused-ring (bicyclic) bond motifs is 1. The standard InChI is InChI=1S/C12H16N2O2/c1-2-3-4-5-9-14-11-10(16-12(14)15)7-6-8-13-11/h6-8H,2-5,9H2,1H3. The van der Waals surface area contributed by atoms with E-state index in [4.69, 9.17) is 4.42 Å². The molecule has 0 amide bonds. The van der Waals surface area contributed by atoms with Gasteiger partial charge in [-0.15, -0.1) is 0 Å². The Balaban J connectivity index is 2.16. The molecule has 0 saturated carbocycles. The van der Waals surface area contributed by atoms with E-state index in [1.54, 1.807) is 22.9 Å². The lowest BCUT2D eigenvalue weighted by Gasteiger charge is -2.00. The summed E-state index contributed by atoms with van der Waals surface area (Å²) >= 11 is 0. The van der Waals surface area contributed by atoms with Gasteiger partial charge in [0.25, 0.3) is 0 Å². The molecular weight excluding hydrogens is 204 g/mol. The molecule has 2 rings (SSSR count). The summed E-state index contributed by atoms with van der Waals surface area (Å²) in [5.41, 5.74) is 1.23. The lowest BCUT2D eigenvalue weighted by molar-refractivity contribution is 0.488. The lowest BCUT2D eigenvalue weighted by Crippen LogP contribution is -2.14. The van der Waals surface area contributed by atoms with Gasteiger partial charge in [0.2, 0.25) is 0 Å². The van der Waals surface area contributed by atoms with E-state index in [-0.39, 0.29) is 5.76 Å². The van der Waals surface area contributed by atoms with Crippen molar-refractivity contribution in [2.75, 3.05) is 0 Å². The minimum Gasteiger partial charge on any atom is -0.406 e. The Kier molecular flexibility index (Phi) is 3.39. The third kappa shape index (κ3) is 2.15. The smallest absolute Gasteiger partial charge is 0.406 e. The number of aromatic nitrogens is 2. The van der Waals surface area contributed by atoms with Crippen molar-refractivity contribution in [2.45, 2.75) is 39.2 Å². The highest BCUT2D eigenvalue weighted by Crippen LogP contribution is 2.10. The molecule has 2 aromatic heterocycles. The molecule has 4 heteroatoms. The largest absolute Gasteiger partial charge is 0.421 e. The maximum atomic E-state index is 11.6. The topological polar surface area (TPSA) is 48.0 Å². The molecule has 86 valence electrons. The molecule has 16 heavy (non-hydrogen) atoms. The van der Waals surface area contributed by atoms with Crippen LogP contribution in [0.15, 0.2) is 27.5 Å². The maximum Gasteiger partial charge on any atom is 0.421 e. The molecule has 0 fully saturated rings. The molecule has 4 nitrogen and oxygen atoms in total. The second-order valence-corrected chi connectivity index (χ2v) is 3.91. The molecule has 0 aliphatic rings. The van der Waals surface area contributed by atoms with Crippen LogP contribution in [0.5, 0.6) is 0 Å². The minimum absolute atomic E-state index is 0.301. The SMILES string of the molecule is CCCCCCn1c(=O)oc2cccnc21. The first-order chi connectivity index (χ1) is 7.83. The van der Waals surface area contributed by atoms with Crippen molar-refractivity contribution in [2.24, 2.45) is 0 Å². The van der Waals surface area contributed by atoms with E-state index in [0.717, 1.165) is 12.8 Å².